The Bertz CT molecular complexity index is 2710. The zero-order chi connectivity index (χ0) is 39.7. The van der Waals surface area contributed by atoms with Crippen LogP contribution in [0.2, 0.25) is 0 Å². The Labute approximate surface area is 315 Å². The minimum Gasteiger partial charge on any atom is -0.465 e. The van der Waals surface area contributed by atoms with Crippen LogP contribution in [0, 0.1) is 13.8 Å². The third-order valence-corrected chi connectivity index (χ3v) is 8.28. The molecule has 4 N–H and O–H groups in total. The predicted octanol–water partition coefficient (Wildman–Crippen LogP) is 4.22. The van der Waals surface area contributed by atoms with E-state index >= 15 is 0 Å². The second-order valence-electron chi connectivity index (χ2n) is 11.8. The van der Waals surface area contributed by atoms with E-state index < -0.39 is 11.8 Å². The van der Waals surface area contributed by atoms with E-state index in [1.807, 2.05) is 0 Å². The third kappa shape index (κ3) is 6.41. The number of aryl methyl sites for hydroxylation is 4. The fourth-order valence-corrected chi connectivity index (χ4v) is 5.63. The van der Waals surface area contributed by atoms with Crippen LogP contribution in [0.4, 0.5) is 34.6 Å². The third-order valence-electron chi connectivity index (χ3n) is 8.28. The van der Waals surface area contributed by atoms with Crippen molar-refractivity contribution in [1.29, 1.82) is 0 Å². The molecule has 7 aromatic rings. The number of azo groups is 2. The van der Waals surface area contributed by atoms with Crippen molar-refractivity contribution in [3.63, 3.8) is 0 Å². The summed E-state index contributed by atoms with van der Waals surface area (Å²) >= 11 is 0. The van der Waals surface area contributed by atoms with Crippen molar-refractivity contribution in [3.05, 3.63) is 83.7 Å². The smallest absolute Gasteiger partial charge is 0.344 e. The molecule has 0 saturated carbocycles. The predicted molar refractivity (Wildman–Crippen MR) is 198 cm³/mol. The Balaban J connectivity index is 1.21. The molecule has 7 aromatic heterocycles. The highest BCUT2D eigenvalue weighted by atomic mass is 16.5. The van der Waals surface area contributed by atoms with E-state index in [9.17, 15) is 14.4 Å². The summed E-state index contributed by atoms with van der Waals surface area (Å²) in [5.41, 5.74) is 15.4. The van der Waals surface area contributed by atoms with E-state index in [2.05, 4.69) is 60.8 Å². The van der Waals surface area contributed by atoms with Crippen LogP contribution >= 0.6 is 0 Å². The van der Waals surface area contributed by atoms with Crippen LogP contribution in [0.1, 0.15) is 32.1 Å². The van der Waals surface area contributed by atoms with Crippen molar-refractivity contribution < 1.29 is 19.1 Å². The number of anilines is 2. The summed E-state index contributed by atoms with van der Waals surface area (Å²) in [5.74, 6) is -0.834. The summed E-state index contributed by atoms with van der Waals surface area (Å²) < 4.78 is 10.4. The van der Waals surface area contributed by atoms with Gasteiger partial charge >= 0.3 is 5.97 Å². The number of rotatable bonds is 11. The number of aromatic nitrogens is 12. The summed E-state index contributed by atoms with van der Waals surface area (Å²) in [5, 5.41) is 35.0. The number of carbonyl (C=O) groups is 3. The Hall–Kier alpha value is -8.17. The van der Waals surface area contributed by atoms with Crippen molar-refractivity contribution in [3.8, 4) is 34.4 Å². The second-order valence-corrected chi connectivity index (χ2v) is 11.8. The number of Topliss-reactive ketones (excluding diaryl/α,β-unsaturated/α-hetero) is 1. The molecule has 0 fully saturated rings. The number of hydrogen-bond donors (Lipinski definition) is 2. The summed E-state index contributed by atoms with van der Waals surface area (Å²) in [6.07, 6.45) is 4.56. The molecule has 0 aliphatic carbocycles. The molecule has 0 aromatic carbocycles. The average molecular weight is 755 g/mol. The van der Waals surface area contributed by atoms with Crippen LogP contribution in [-0.4, -0.2) is 84.2 Å². The highest BCUT2D eigenvalue weighted by molar-refractivity contribution is 6.36. The van der Waals surface area contributed by atoms with Gasteiger partial charge in [-0.1, -0.05) is 12.1 Å². The van der Waals surface area contributed by atoms with Crippen molar-refractivity contribution in [1.82, 2.24) is 59.1 Å². The van der Waals surface area contributed by atoms with E-state index in [1.165, 1.54) is 44.4 Å². The van der Waals surface area contributed by atoms with Gasteiger partial charge in [-0.3, -0.25) is 19.6 Å². The van der Waals surface area contributed by atoms with Gasteiger partial charge in [-0.25, -0.2) is 24.1 Å². The van der Waals surface area contributed by atoms with Crippen LogP contribution in [-0.2, 0) is 23.6 Å². The van der Waals surface area contributed by atoms with Gasteiger partial charge in [0, 0.05) is 32.6 Å². The molecular formula is C34H30N18O4. The van der Waals surface area contributed by atoms with Gasteiger partial charge < -0.3 is 16.2 Å². The van der Waals surface area contributed by atoms with Gasteiger partial charge in [0.25, 0.3) is 0 Å². The Morgan fingerprint density at radius 2 is 1.18 bits per heavy atom. The zero-order valence-corrected chi connectivity index (χ0v) is 30.3. The van der Waals surface area contributed by atoms with E-state index in [1.54, 1.807) is 70.5 Å². The van der Waals surface area contributed by atoms with Crippen molar-refractivity contribution in [2.45, 2.75) is 13.8 Å². The number of nitrogens with zero attached hydrogens (tertiary/aromatic N) is 16. The lowest BCUT2D eigenvalue weighted by atomic mass is 10.1. The fraction of sp³-hybridized carbons (Fsp3) is 0.147. The lowest BCUT2D eigenvalue weighted by Gasteiger charge is -2.06. The molecule has 0 aliphatic rings. The second kappa shape index (κ2) is 14.7. The molecular weight excluding hydrogens is 724 g/mol. The number of ether oxygens (including phenoxy) is 1. The maximum absolute atomic E-state index is 12.9. The van der Waals surface area contributed by atoms with Gasteiger partial charge in [0.05, 0.1) is 29.9 Å². The molecule has 0 amide bonds. The summed E-state index contributed by atoms with van der Waals surface area (Å²) in [7, 11) is 4.41. The molecule has 0 unspecified atom stereocenters. The highest BCUT2D eigenvalue weighted by Crippen LogP contribution is 2.36. The van der Waals surface area contributed by atoms with Crippen LogP contribution in [0.25, 0.3) is 34.4 Å². The van der Waals surface area contributed by atoms with E-state index in [-0.39, 0.29) is 75.1 Å². The SMILES string of the molecule is COC(=O)c1c(-c2ccccn2)nn(C)c1/N=N/c1c(C)nn(-c2cc(-n3nc(C)c(/N=N/c4c(C(=O)C=O)c(-c5ccccn5)nn4C)c3N)ncn2)c1N. The molecule has 0 atom stereocenters. The number of nitrogen functional groups attached to an aromatic ring is 2. The van der Waals surface area contributed by atoms with Gasteiger partial charge in [0.15, 0.2) is 52.6 Å². The van der Waals surface area contributed by atoms with Gasteiger partial charge in [0.1, 0.15) is 28.8 Å². The summed E-state index contributed by atoms with van der Waals surface area (Å²) in [4.78, 5) is 54.4. The molecule has 0 saturated heterocycles. The molecule has 280 valence electrons. The lowest BCUT2D eigenvalue weighted by Crippen LogP contribution is -2.09. The molecule has 7 rings (SSSR count). The van der Waals surface area contributed by atoms with Crippen molar-refractivity contribution >= 4 is 52.7 Å². The number of aldehydes is 1. The maximum Gasteiger partial charge on any atom is 0.344 e. The first kappa shape index (κ1) is 36.2. The number of carbonyl (C=O) groups excluding carboxylic acids is 3. The molecule has 0 radical (unpaired) electrons. The first-order valence-electron chi connectivity index (χ1n) is 16.4. The number of methoxy groups -OCH3 is 1. The van der Waals surface area contributed by atoms with Gasteiger partial charge in [0.2, 0.25) is 5.78 Å². The topological polar surface area (TPSA) is 285 Å². The summed E-state index contributed by atoms with van der Waals surface area (Å²) in [6.45, 7) is 3.33. The number of esters is 1. The van der Waals surface area contributed by atoms with Gasteiger partial charge in [-0.05, 0) is 38.1 Å². The van der Waals surface area contributed by atoms with E-state index in [4.69, 9.17) is 16.2 Å². The maximum atomic E-state index is 12.9. The highest BCUT2D eigenvalue weighted by Gasteiger charge is 2.27. The van der Waals surface area contributed by atoms with Gasteiger partial charge in [-0.15, -0.1) is 20.5 Å². The average Bonchev–Trinajstić information content (AvgIpc) is 3.91. The molecule has 56 heavy (non-hydrogen) atoms. The number of ketones is 1. The first-order chi connectivity index (χ1) is 27.0. The van der Waals surface area contributed by atoms with Crippen LogP contribution in [0.5, 0.6) is 0 Å². The van der Waals surface area contributed by atoms with Crippen molar-refractivity contribution in [2.24, 2.45) is 34.6 Å². The fourth-order valence-electron chi connectivity index (χ4n) is 5.63. The zero-order valence-electron chi connectivity index (χ0n) is 30.3. The lowest BCUT2D eigenvalue weighted by molar-refractivity contribution is -0.104. The van der Waals surface area contributed by atoms with E-state index in [0.717, 1.165) is 0 Å². The molecule has 0 bridgehead atoms. The standard InChI is InChI=1S/C34H30N18O4/c1-17-26(41-43-32-24(21(54)15-53)28(47-49(32)3)19-10-6-8-12-37-19)30(35)51(45-17)22-14-23(40-16-39-22)52-31(36)27(18(2)46-52)42-44-33-25(34(55)56-5)29(48-50(33)4)20-11-7-9-13-38-20/h6-16H,35-36H2,1-5H3/b43-41+,44-42+. The number of nitrogens with two attached hydrogens (primary N) is 2. The monoisotopic (exact) mass is 754 g/mol. The Morgan fingerprint density at radius 1 is 0.696 bits per heavy atom. The van der Waals surface area contributed by atoms with Gasteiger partial charge in [-0.2, -0.15) is 29.8 Å². The minimum absolute atomic E-state index is 0.00895. The quantitative estimate of drug-likeness (QED) is 0.0615. The van der Waals surface area contributed by atoms with Crippen LogP contribution in [0.15, 0.2) is 81.6 Å². The Kier molecular flexibility index (Phi) is 9.50. The van der Waals surface area contributed by atoms with Crippen LogP contribution < -0.4 is 11.5 Å². The normalized spacial score (nSPS) is 11.5. The minimum atomic E-state index is -0.850. The van der Waals surface area contributed by atoms with Crippen LogP contribution in [0.3, 0.4) is 0 Å². The largest absolute Gasteiger partial charge is 0.465 e. The molecule has 7 heterocycles. The van der Waals surface area contributed by atoms with E-state index in [0.29, 0.717) is 22.8 Å². The summed E-state index contributed by atoms with van der Waals surface area (Å²) in [6, 6.07) is 11.8. The molecule has 22 nitrogen and oxygen atoms in total. The molecule has 0 spiro atoms. The first-order valence-corrected chi connectivity index (χ1v) is 16.4. The number of pyridine rings is 2. The molecule has 22 heteroatoms. The van der Waals surface area contributed by atoms with Crippen molar-refractivity contribution in [2.75, 3.05) is 18.6 Å². The Morgan fingerprint density at radius 3 is 1.62 bits per heavy atom. The number of hydrogen-bond acceptors (Lipinski definition) is 18. The molecule has 0 aliphatic heterocycles.